The summed E-state index contributed by atoms with van der Waals surface area (Å²) in [4.78, 5) is 37.6. The quantitative estimate of drug-likeness (QED) is 0.251. The Balaban J connectivity index is 1.49. The molecule has 4 rings (SSSR count). The summed E-state index contributed by atoms with van der Waals surface area (Å²) >= 11 is 31.3. The third-order valence-corrected chi connectivity index (χ3v) is 7.62. The minimum absolute atomic E-state index is 0.107. The molecular formula is C26H20Cl5N3O4. The lowest BCUT2D eigenvalue weighted by Gasteiger charge is -2.12. The van der Waals surface area contributed by atoms with Gasteiger partial charge in [0.05, 0.1) is 16.5 Å². The molecule has 1 saturated carbocycles. The molecule has 1 aliphatic carbocycles. The lowest BCUT2D eigenvalue weighted by Crippen LogP contribution is -2.22. The number of benzene rings is 3. The first-order valence-electron chi connectivity index (χ1n) is 11.2. The number of rotatable bonds is 6. The van der Waals surface area contributed by atoms with E-state index in [-0.39, 0.29) is 16.3 Å². The Labute approximate surface area is 243 Å². The second-order valence-corrected chi connectivity index (χ2v) is 11.3. The molecule has 0 bridgehead atoms. The predicted octanol–water partition coefficient (Wildman–Crippen LogP) is 7.45. The van der Waals surface area contributed by atoms with Crippen molar-refractivity contribution in [1.29, 1.82) is 0 Å². The minimum Gasteiger partial charge on any atom is -0.410 e. The lowest BCUT2D eigenvalue weighted by atomic mass is 10.1. The van der Waals surface area contributed by atoms with E-state index in [4.69, 9.17) is 62.7 Å². The van der Waals surface area contributed by atoms with E-state index in [0.717, 1.165) is 0 Å². The number of halogens is 5. The van der Waals surface area contributed by atoms with Gasteiger partial charge in [-0.05, 0) is 60.5 Å². The maximum Gasteiger partial charge on any atom is 0.412 e. The number of hydrogen-bond donors (Lipinski definition) is 3. The lowest BCUT2D eigenvalue weighted by molar-refractivity contribution is -0.117. The fraction of sp³-hybridized carbons (Fsp3) is 0.192. The Kier molecular flexibility index (Phi) is 8.35. The minimum atomic E-state index is -1.36. The zero-order valence-corrected chi connectivity index (χ0v) is 23.7. The summed E-state index contributed by atoms with van der Waals surface area (Å²) in [6.45, 7) is 1.76. The van der Waals surface area contributed by atoms with Gasteiger partial charge in [-0.25, -0.2) is 4.79 Å². The molecular weight excluding hydrogens is 596 g/mol. The van der Waals surface area contributed by atoms with Crippen LogP contribution in [0.3, 0.4) is 0 Å². The first-order chi connectivity index (χ1) is 17.9. The van der Waals surface area contributed by atoms with E-state index in [2.05, 4.69) is 16.0 Å². The Morgan fingerprint density at radius 3 is 2.16 bits per heavy atom. The van der Waals surface area contributed by atoms with Crippen LogP contribution in [0.15, 0.2) is 54.6 Å². The van der Waals surface area contributed by atoms with Crippen molar-refractivity contribution in [3.05, 3.63) is 86.4 Å². The summed E-state index contributed by atoms with van der Waals surface area (Å²) in [6, 6.07) is 14.2. The van der Waals surface area contributed by atoms with Crippen LogP contribution in [0.1, 0.15) is 27.4 Å². The largest absolute Gasteiger partial charge is 0.412 e. The van der Waals surface area contributed by atoms with Gasteiger partial charge in [0, 0.05) is 40.5 Å². The van der Waals surface area contributed by atoms with Crippen LogP contribution in [-0.4, -0.2) is 29.3 Å². The van der Waals surface area contributed by atoms with E-state index in [1.54, 1.807) is 43.3 Å². The van der Waals surface area contributed by atoms with Crippen molar-refractivity contribution in [1.82, 2.24) is 5.32 Å². The molecule has 3 aromatic rings. The number of anilines is 2. The predicted molar refractivity (Wildman–Crippen MR) is 151 cm³/mol. The molecule has 0 aromatic heterocycles. The molecule has 0 saturated heterocycles. The summed E-state index contributed by atoms with van der Waals surface area (Å²) in [7, 11) is 1.44. The highest BCUT2D eigenvalue weighted by Gasteiger charge is 2.67. The number of nitrogens with one attached hydrogen (secondary N) is 3. The van der Waals surface area contributed by atoms with Gasteiger partial charge in [-0.1, -0.05) is 40.9 Å². The summed E-state index contributed by atoms with van der Waals surface area (Å²) in [5, 5.41) is 8.78. The van der Waals surface area contributed by atoms with Crippen molar-refractivity contribution in [2.45, 2.75) is 17.2 Å². The second kappa shape index (κ2) is 11.2. The summed E-state index contributed by atoms with van der Waals surface area (Å²) in [6.07, 6.45) is -0.641. The number of carbonyl (C=O) groups excluding carboxylic acids is 3. The van der Waals surface area contributed by atoms with Crippen molar-refractivity contribution >= 4 is 87.3 Å². The van der Waals surface area contributed by atoms with Crippen LogP contribution in [0.25, 0.3) is 0 Å². The topological polar surface area (TPSA) is 96.5 Å². The normalized spacial score (nSPS) is 17.3. The van der Waals surface area contributed by atoms with E-state index in [0.29, 0.717) is 32.5 Å². The smallest absolute Gasteiger partial charge is 0.410 e. The van der Waals surface area contributed by atoms with Crippen LogP contribution < -0.4 is 20.7 Å². The van der Waals surface area contributed by atoms with Gasteiger partial charge < -0.3 is 20.7 Å². The van der Waals surface area contributed by atoms with Crippen LogP contribution >= 0.6 is 58.0 Å². The molecule has 3 N–H and O–H groups in total. The van der Waals surface area contributed by atoms with Gasteiger partial charge in [0.2, 0.25) is 5.91 Å². The third kappa shape index (κ3) is 6.14. The van der Waals surface area contributed by atoms with Crippen molar-refractivity contribution in [3.63, 3.8) is 0 Å². The maximum absolute atomic E-state index is 13.1. The number of aryl methyl sites for hydroxylation is 1. The van der Waals surface area contributed by atoms with Crippen LogP contribution in [0.5, 0.6) is 5.75 Å². The monoisotopic (exact) mass is 613 g/mol. The fourth-order valence-corrected chi connectivity index (χ4v) is 5.53. The molecule has 2 atom stereocenters. The van der Waals surface area contributed by atoms with Gasteiger partial charge in [0.1, 0.15) is 10.1 Å². The van der Waals surface area contributed by atoms with Gasteiger partial charge in [-0.15, -0.1) is 23.2 Å². The zero-order valence-electron chi connectivity index (χ0n) is 19.9. The number of carbonyl (C=O) groups is 3. The first kappa shape index (κ1) is 28.3. The molecule has 0 spiro atoms. The summed E-state index contributed by atoms with van der Waals surface area (Å²) in [5.74, 6) is -2.01. The van der Waals surface area contributed by atoms with Gasteiger partial charge in [0.15, 0.2) is 0 Å². The molecule has 2 unspecified atom stereocenters. The van der Waals surface area contributed by atoms with E-state index in [1.165, 1.54) is 25.2 Å². The number of hydrogen-bond acceptors (Lipinski definition) is 4. The fourth-order valence-electron chi connectivity index (χ4n) is 3.96. The van der Waals surface area contributed by atoms with Crippen molar-refractivity contribution < 1.29 is 19.1 Å². The Morgan fingerprint density at radius 1 is 0.868 bits per heavy atom. The van der Waals surface area contributed by atoms with E-state index in [9.17, 15) is 14.4 Å². The van der Waals surface area contributed by atoms with Crippen LogP contribution in [0.2, 0.25) is 15.1 Å². The Bertz CT molecular complexity index is 1430. The summed E-state index contributed by atoms with van der Waals surface area (Å²) < 4.78 is 3.84. The first-order valence-corrected chi connectivity index (χ1v) is 13.1. The molecule has 3 aromatic carbocycles. The molecule has 1 fully saturated rings. The van der Waals surface area contributed by atoms with Crippen molar-refractivity contribution in [2.75, 3.05) is 17.7 Å². The molecule has 12 heteroatoms. The van der Waals surface area contributed by atoms with Crippen molar-refractivity contribution in [3.8, 4) is 5.75 Å². The SMILES string of the molecule is CNC(=O)Oc1cc(NC(=O)c2cc(NC(=O)C3C(c4cc(Cl)cc(Cl)c4)C3(Cl)Cl)ccc2Cl)ccc1C. The molecule has 0 heterocycles. The highest BCUT2D eigenvalue weighted by atomic mass is 35.5. The molecule has 0 aliphatic heterocycles. The van der Waals surface area contributed by atoms with E-state index >= 15 is 0 Å². The summed E-state index contributed by atoms with van der Waals surface area (Å²) in [5.41, 5.74) is 2.14. The standard InChI is InChI=1S/C26H20Cl5N3O4/c1-12-3-4-17(11-20(12)38-25(37)32-2)33-23(35)18-10-16(5-6-19(18)29)34-24(36)22-21(26(22,30)31)13-7-14(27)9-15(28)8-13/h3-11,21-22H,1-2H3,(H,32,37)(H,33,35)(H,34,36). The van der Waals surface area contributed by atoms with Crippen LogP contribution in [0.4, 0.5) is 16.2 Å². The number of alkyl halides is 2. The van der Waals surface area contributed by atoms with Crippen LogP contribution in [0, 0.1) is 12.8 Å². The molecule has 1 aliphatic rings. The van der Waals surface area contributed by atoms with E-state index in [1.807, 2.05) is 0 Å². The molecule has 198 valence electrons. The van der Waals surface area contributed by atoms with E-state index < -0.39 is 34.1 Å². The van der Waals surface area contributed by atoms with Gasteiger partial charge >= 0.3 is 6.09 Å². The van der Waals surface area contributed by atoms with Crippen LogP contribution in [-0.2, 0) is 4.79 Å². The number of amides is 3. The number of ether oxygens (including phenoxy) is 1. The van der Waals surface area contributed by atoms with Gasteiger partial charge in [0.25, 0.3) is 5.91 Å². The van der Waals surface area contributed by atoms with Gasteiger partial charge in [-0.2, -0.15) is 0 Å². The van der Waals surface area contributed by atoms with Gasteiger partial charge in [-0.3, -0.25) is 9.59 Å². The Hall–Kier alpha value is -2.68. The second-order valence-electron chi connectivity index (χ2n) is 8.59. The molecule has 7 nitrogen and oxygen atoms in total. The highest BCUT2D eigenvalue weighted by Crippen LogP contribution is 2.65. The zero-order chi connectivity index (χ0) is 27.8. The average Bonchev–Trinajstić information content (AvgIpc) is 3.43. The molecule has 3 amide bonds. The molecule has 38 heavy (non-hydrogen) atoms. The highest BCUT2D eigenvalue weighted by molar-refractivity contribution is 6.53. The third-order valence-electron chi connectivity index (χ3n) is 5.91. The maximum atomic E-state index is 13.1. The van der Waals surface area contributed by atoms with Crippen molar-refractivity contribution in [2.24, 2.45) is 5.92 Å². The average molecular weight is 616 g/mol. The molecule has 0 radical (unpaired) electrons. The Morgan fingerprint density at radius 2 is 1.50 bits per heavy atom.